The van der Waals surface area contributed by atoms with Crippen molar-refractivity contribution in [3.63, 3.8) is 0 Å². The molecule has 0 atom stereocenters. The van der Waals surface area contributed by atoms with E-state index in [9.17, 15) is 9.59 Å². The molecule has 0 radical (unpaired) electrons. The largest absolute Gasteiger partial charge is 0.361 e. The zero-order chi connectivity index (χ0) is 20.9. The van der Waals surface area contributed by atoms with Crippen molar-refractivity contribution < 1.29 is 9.59 Å². The number of hydrogen-bond donors (Lipinski definition) is 3. The Bertz CT molecular complexity index is 1180. The maximum absolute atomic E-state index is 12.3. The molecule has 4 aromatic rings. The van der Waals surface area contributed by atoms with Crippen LogP contribution in [0.3, 0.4) is 0 Å². The molecule has 0 spiro atoms. The second-order valence-electron chi connectivity index (χ2n) is 6.93. The van der Waals surface area contributed by atoms with Crippen molar-refractivity contribution in [1.29, 1.82) is 0 Å². The van der Waals surface area contributed by atoms with Gasteiger partial charge in [-0.3, -0.25) is 9.59 Å². The van der Waals surface area contributed by atoms with Crippen LogP contribution in [0, 0.1) is 0 Å². The number of para-hydroxylation sites is 1. The van der Waals surface area contributed by atoms with E-state index in [0.717, 1.165) is 23.2 Å². The first kappa shape index (κ1) is 19.3. The summed E-state index contributed by atoms with van der Waals surface area (Å²) in [7, 11) is 0. The number of aromatic nitrogens is 3. The van der Waals surface area contributed by atoms with Gasteiger partial charge in [-0.2, -0.15) is 0 Å². The molecule has 2 aromatic carbocycles. The number of carbonyl (C=O) groups is 2. The van der Waals surface area contributed by atoms with Crippen LogP contribution in [0.25, 0.3) is 10.9 Å². The molecule has 150 valence electrons. The summed E-state index contributed by atoms with van der Waals surface area (Å²) in [6, 6.07) is 18.5. The average Bonchev–Trinajstić information content (AvgIpc) is 3.18. The number of rotatable bonds is 7. The van der Waals surface area contributed by atoms with E-state index >= 15 is 0 Å². The van der Waals surface area contributed by atoms with Gasteiger partial charge in [0.05, 0.1) is 0 Å². The van der Waals surface area contributed by atoms with E-state index in [-0.39, 0.29) is 17.4 Å². The molecule has 0 aliphatic heterocycles. The van der Waals surface area contributed by atoms with Gasteiger partial charge < -0.3 is 15.6 Å². The van der Waals surface area contributed by atoms with Gasteiger partial charge in [0.15, 0.2) is 17.3 Å². The van der Waals surface area contributed by atoms with Crippen LogP contribution >= 0.6 is 0 Å². The first-order chi connectivity index (χ1) is 14.6. The number of nitrogens with one attached hydrogen (secondary N) is 3. The third-order valence-corrected chi connectivity index (χ3v) is 4.82. The van der Waals surface area contributed by atoms with Gasteiger partial charge in [-0.1, -0.05) is 18.2 Å². The summed E-state index contributed by atoms with van der Waals surface area (Å²) >= 11 is 0. The Morgan fingerprint density at radius 1 is 0.967 bits per heavy atom. The zero-order valence-corrected chi connectivity index (χ0v) is 16.5. The second-order valence-corrected chi connectivity index (χ2v) is 6.93. The van der Waals surface area contributed by atoms with Crippen LogP contribution in [-0.4, -0.2) is 33.4 Å². The lowest BCUT2D eigenvalue weighted by molar-refractivity contribution is 0.0947. The monoisotopic (exact) mass is 399 g/mol. The van der Waals surface area contributed by atoms with Gasteiger partial charge in [0.1, 0.15) is 0 Å². The molecule has 1 amide bonds. The minimum Gasteiger partial charge on any atom is -0.361 e. The number of amides is 1. The number of benzene rings is 2. The highest BCUT2D eigenvalue weighted by Gasteiger charge is 2.09. The third kappa shape index (κ3) is 4.35. The Hall–Kier alpha value is -4.00. The van der Waals surface area contributed by atoms with Crippen molar-refractivity contribution in [2.75, 3.05) is 11.9 Å². The van der Waals surface area contributed by atoms with Crippen LogP contribution < -0.4 is 10.6 Å². The molecule has 3 N–H and O–H groups in total. The number of aromatic amines is 1. The molecular formula is C23H21N5O2. The Balaban J connectivity index is 1.32. The molecule has 7 heteroatoms. The summed E-state index contributed by atoms with van der Waals surface area (Å²) in [5, 5.41) is 15.2. The first-order valence-electron chi connectivity index (χ1n) is 9.65. The number of ketones is 1. The Morgan fingerprint density at radius 3 is 2.50 bits per heavy atom. The number of carbonyl (C=O) groups excluding carboxylic acids is 2. The van der Waals surface area contributed by atoms with Crippen LogP contribution in [-0.2, 0) is 6.42 Å². The van der Waals surface area contributed by atoms with Gasteiger partial charge >= 0.3 is 0 Å². The lowest BCUT2D eigenvalue weighted by atomic mass is 10.1. The van der Waals surface area contributed by atoms with Crippen LogP contribution in [0.4, 0.5) is 11.5 Å². The number of hydrogen-bond acceptors (Lipinski definition) is 5. The molecule has 30 heavy (non-hydrogen) atoms. The lowest BCUT2D eigenvalue weighted by Gasteiger charge is -2.07. The van der Waals surface area contributed by atoms with E-state index in [4.69, 9.17) is 0 Å². The predicted octanol–water partition coefficient (Wildman–Crippen LogP) is 3.88. The standard InChI is InChI=1S/C23H21N5O2/c1-15(29)16-6-8-18(9-7-16)26-22-11-10-21(27-28-22)23(30)24-13-12-17-14-25-20-5-3-2-4-19(17)20/h2-11,14,25H,12-13H2,1H3,(H,24,30)(H,26,28). The van der Waals surface area contributed by atoms with Crippen molar-refractivity contribution in [1.82, 2.24) is 20.5 Å². The van der Waals surface area contributed by atoms with Gasteiger partial charge in [-0.25, -0.2) is 0 Å². The van der Waals surface area contributed by atoms with E-state index in [2.05, 4.69) is 31.9 Å². The molecule has 0 saturated heterocycles. The number of fused-ring (bicyclic) bond motifs is 1. The molecule has 0 aliphatic rings. The minimum absolute atomic E-state index is 0.0152. The average molecular weight is 399 g/mol. The van der Waals surface area contributed by atoms with E-state index in [1.807, 2.05) is 24.4 Å². The number of anilines is 2. The molecule has 4 rings (SSSR count). The SMILES string of the molecule is CC(=O)c1ccc(Nc2ccc(C(=O)NCCc3c[nH]c4ccccc34)nn2)cc1. The van der Waals surface area contributed by atoms with Crippen molar-refractivity contribution in [2.45, 2.75) is 13.3 Å². The van der Waals surface area contributed by atoms with Crippen molar-refractivity contribution in [3.8, 4) is 0 Å². The fourth-order valence-electron chi connectivity index (χ4n) is 3.20. The van der Waals surface area contributed by atoms with E-state index in [1.54, 1.807) is 36.4 Å². The molecular weight excluding hydrogens is 378 g/mol. The summed E-state index contributed by atoms with van der Waals surface area (Å²) in [6.45, 7) is 2.03. The Labute approximate surface area is 173 Å². The summed E-state index contributed by atoms with van der Waals surface area (Å²) in [5.41, 5.74) is 3.93. The van der Waals surface area contributed by atoms with Crippen LogP contribution in [0.1, 0.15) is 33.3 Å². The predicted molar refractivity (Wildman–Crippen MR) is 116 cm³/mol. The molecule has 0 bridgehead atoms. The van der Waals surface area contributed by atoms with Crippen molar-refractivity contribution in [2.24, 2.45) is 0 Å². The quantitative estimate of drug-likeness (QED) is 0.410. The fourth-order valence-corrected chi connectivity index (χ4v) is 3.20. The highest BCUT2D eigenvalue weighted by atomic mass is 16.2. The first-order valence-corrected chi connectivity index (χ1v) is 9.65. The highest BCUT2D eigenvalue weighted by molar-refractivity contribution is 5.94. The maximum atomic E-state index is 12.3. The summed E-state index contributed by atoms with van der Waals surface area (Å²) in [4.78, 5) is 26.9. The minimum atomic E-state index is -0.264. The van der Waals surface area contributed by atoms with E-state index in [0.29, 0.717) is 17.9 Å². The number of nitrogens with zero attached hydrogens (tertiary/aromatic N) is 2. The summed E-state index contributed by atoms with van der Waals surface area (Å²) in [6.07, 6.45) is 2.69. The normalized spacial score (nSPS) is 10.7. The fraction of sp³-hybridized carbons (Fsp3) is 0.130. The van der Waals surface area contributed by atoms with Gasteiger partial charge in [-0.15, -0.1) is 10.2 Å². The Kier molecular flexibility index (Phi) is 5.52. The lowest BCUT2D eigenvalue weighted by Crippen LogP contribution is -2.26. The highest BCUT2D eigenvalue weighted by Crippen LogP contribution is 2.18. The molecule has 0 unspecified atom stereocenters. The molecule has 2 heterocycles. The van der Waals surface area contributed by atoms with Crippen LogP contribution in [0.2, 0.25) is 0 Å². The number of H-pyrrole nitrogens is 1. The molecule has 0 fully saturated rings. The Morgan fingerprint density at radius 2 is 1.77 bits per heavy atom. The number of Topliss-reactive ketones (excluding diaryl/α,β-unsaturated/α-hetero) is 1. The van der Waals surface area contributed by atoms with Crippen molar-refractivity contribution in [3.05, 3.63) is 83.7 Å². The molecule has 0 saturated carbocycles. The maximum Gasteiger partial charge on any atom is 0.271 e. The molecule has 7 nitrogen and oxygen atoms in total. The zero-order valence-electron chi connectivity index (χ0n) is 16.5. The van der Waals surface area contributed by atoms with Gasteiger partial charge in [0.25, 0.3) is 5.91 Å². The van der Waals surface area contributed by atoms with Crippen LogP contribution in [0.5, 0.6) is 0 Å². The van der Waals surface area contributed by atoms with Gasteiger partial charge in [-0.05, 0) is 61.4 Å². The second kappa shape index (κ2) is 8.57. The van der Waals surface area contributed by atoms with Crippen LogP contribution in [0.15, 0.2) is 66.9 Å². The summed E-state index contributed by atoms with van der Waals surface area (Å²) in [5.74, 6) is 0.266. The van der Waals surface area contributed by atoms with E-state index < -0.39 is 0 Å². The molecule has 0 aliphatic carbocycles. The topological polar surface area (TPSA) is 99.8 Å². The summed E-state index contributed by atoms with van der Waals surface area (Å²) < 4.78 is 0. The van der Waals surface area contributed by atoms with Crippen molar-refractivity contribution >= 4 is 34.1 Å². The van der Waals surface area contributed by atoms with Gasteiger partial charge in [0.2, 0.25) is 0 Å². The smallest absolute Gasteiger partial charge is 0.271 e. The van der Waals surface area contributed by atoms with Gasteiger partial charge in [0, 0.05) is 34.9 Å². The molecule has 2 aromatic heterocycles. The van der Waals surface area contributed by atoms with E-state index in [1.165, 1.54) is 12.3 Å². The third-order valence-electron chi connectivity index (χ3n) is 4.82.